The standard InChI is InChI=1S/C7H13NO3/c1-8(2)5-3-4-6(9)7(10)11/h4,9H,3,5H2,1-2H3,(H,10,11). The van der Waals surface area contributed by atoms with E-state index >= 15 is 0 Å². The number of hydrogen-bond donors (Lipinski definition) is 2. The molecule has 0 aliphatic carbocycles. The van der Waals surface area contributed by atoms with Crippen molar-refractivity contribution in [2.24, 2.45) is 0 Å². The Bertz CT molecular complexity index is 163. The summed E-state index contributed by atoms with van der Waals surface area (Å²) < 4.78 is 0. The molecule has 0 bridgehead atoms. The first kappa shape index (κ1) is 9.97. The molecule has 0 unspecified atom stereocenters. The predicted molar refractivity (Wildman–Crippen MR) is 41.5 cm³/mol. The third-order valence-corrected chi connectivity index (χ3v) is 1.13. The third kappa shape index (κ3) is 5.42. The Hall–Kier alpha value is -1.03. The van der Waals surface area contributed by atoms with Crippen molar-refractivity contribution in [3.8, 4) is 0 Å². The summed E-state index contributed by atoms with van der Waals surface area (Å²) in [6, 6.07) is 0. The largest absolute Gasteiger partial charge is 0.502 e. The molecule has 0 radical (unpaired) electrons. The van der Waals surface area contributed by atoms with Gasteiger partial charge in [-0.05, 0) is 26.6 Å². The monoisotopic (exact) mass is 159 g/mol. The van der Waals surface area contributed by atoms with Gasteiger partial charge in [0.15, 0.2) is 5.76 Å². The lowest BCUT2D eigenvalue weighted by Gasteiger charge is -2.05. The molecular formula is C7H13NO3. The van der Waals surface area contributed by atoms with E-state index in [1.54, 1.807) is 0 Å². The zero-order chi connectivity index (χ0) is 8.85. The Balaban J connectivity index is 3.65. The molecule has 0 heterocycles. The molecule has 11 heavy (non-hydrogen) atoms. The van der Waals surface area contributed by atoms with Gasteiger partial charge in [0.1, 0.15) is 0 Å². The SMILES string of the molecule is CN(C)CCC=C(O)C(=O)O. The first-order valence-electron chi connectivity index (χ1n) is 3.31. The summed E-state index contributed by atoms with van der Waals surface area (Å²) in [6.45, 7) is 0.733. The molecule has 0 aromatic carbocycles. The van der Waals surface area contributed by atoms with Crippen molar-refractivity contribution in [1.82, 2.24) is 4.90 Å². The van der Waals surface area contributed by atoms with Crippen molar-refractivity contribution in [2.45, 2.75) is 6.42 Å². The quantitative estimate of drug-likeness (QED) is 0.462. The normalized spacial score (nSPS) is 12.1. The number of carbonyl (C=O) groups is 1. The van der Waals surface area contributed by atoms with Crippen LogP contribution in [0.4, 0.5) is 0 Å². The highest BCUT2D eigenvalue weighted by molar-refractivity contribution is 5.83. The smallest absolute Gasteiger partial charge is 0.370 e. The van der Waals surface area contributed by atoms with Crippen LogP contribution in [0.2, 0.25) is 0 Å². The molecule has 64 valence electrons. The van der Waals surface area contributed by atoms with Gasteiger partial charge in [-0.15, -0.1) is 0 Å². The van der Waals surface area contributed by atoms with Crippen LogP contribution in [0, 0.1) is 0 Å². The van der Waals surface area contributed by atoms with Gasteiger partial charge in [0.25, 0.3) is 0 Å². The first-order chi connectivity index (χ1) is 5.04. The van der Waals surface area contributed by atoms with E-state index in [1.165, 1.54) is 6.08 Å². The van der Waals surface area contributed by atoms with E-state index in [4.69, 9.17) is 10.2 Å². The zero-order valence-electron chi connectivity index (χ0n) is 6.74. The number of carboxylic acids is 1. The summed E-state index contributed by atoms with van der Waals surface area (Å²) in [5.74, 6) is -1.85. The average Bonchev–Trinajstić information content (AvgIpc) is 1.86. The summed E-state index contributed by atoms with van der Waals surface area (Å²) in [4.78, 5) is 12.0. The van der Waals surface area contributed by atoms with Crippen LogP contribution in [0.1, 0.15) is 6.42 Å². The zero-order valence-corrected chi connectivity index (χ0v) is 6.74. The maximum atomic E-state index is 10.0. The van der Waals surface area contributed by atoms with Crippen LogP contribution < -0.4 is 0 Å². The highest BCUT2D eigenvalue weighted by Crippen LogP contribution is 1.92. The van der Waals surface area contributed by atoms with E-state index in [0.29, 0.717) is 6.42 Å². The highest BCUT2D eigenvalue weighted by atomic mass is 16.4. The summed E-state index contributed by atoms with van der Waals surface area (Å²) in [6.07, 6.45) is 1.84. The molecule has 0 aromatic rings. The minimum atomic E-state index is -1.27. The lowest BCUT2D eigenvalue weighted by molar-refractivity contribution is -0.135. The van der Waals surface area contributed by atoms with Crippen LogP contribution in [0.25, 0.3) is 0 Å². The number of rotatable bonds is 4. The van der Waals surface area contributed by atoms with Gasteiger partial charge < -0.3 is 15.1 Å². The lowest BCUT2D eigenvalue weighted by Crippen LogP contribution is -2.12. The number of hydrogen-bond acceptors (Lipinski definition) is 3. The molecular weight excluding hydrogens is 146 g/mol. The molecule has 0 saturated carbocycles. The van der Waals surface area contributed by atoms with Crippen molar-refractivity contribution < 1.29 is 15.0 Å². The van der Waals surface area contributed by atoms with Crippen molar-refractivity contribution in [2.75, 3.05) is 20.6 Å². The Kier molecular flexibility index (Phi) is 4.29. The molecule has 0 atom stereocenters. The molecule has 2 N–H and O–H groups in total. The van der Waals surface area contributed by atoms with Crippen LogP contribution in [0.3, 0.4) is 0 Å². The van der Waals surface area contributed by atoms with E-state index in [1.807, 2.05) is 19.0 Å². The lowest BCUT2D eigenvalue weighted by atomic mass is 10.3. The van der Waals surface area contributed by atoms with Crippen LogP contribution in [0.15, 0.2) is 11.8 Å². The van der Waals surface area contributed by atoms with Gasteiger partial charge in [-0.25, -0.2) is 4.79 Å². The maximum absolute atomic E-state index is 10.0. The minimum Gasteiger partial charge on any atom is -0.502 e. The molecule has 4 nitrogen and oxygen atoms in total. The molecule has 0 rings (SSSR count). The van der Waals surface area contributed by atoms with Crippen molar-refractivity contribution in [3.63, 3.8) is 0 Å². The number of nitrogens with zero attached hydrogens (tertiary/aromatic N) is 1. The molecule has 0 aromatic heterocycles. The number of aliphatic hydroxyl groups is 1. The molecule has 0 amide bonds. The fourth-order valence-electron chi connectivity index (χ4n) is 0.547. The summed E-state index contributed by atoms with van der Waals surface area (Å²) >= 11 is 0. The highest BCUT2D eigenvalue weighted by Gasteiger charge is 2.01. The average molecular weight is 159 g/mol. The van der Waals surface area contributed by atoms with Crippen molar-refractivity contribution in [1.29, 1.82) is 0 Å². The topological polar surface area (TPSA) is 60.8 Å². The van der Waals surface area contributed by atoms with Crippen LogP contribution >= 0.6 is 0 Å². The fraction of sp³-hybridized carbons (Fsp3) is 0.571. The number of aliphatic hydroxyl groups excluding tert-OH is 1. The number of aliphatic carboxylic acids is 1. The van der Waals surface area contributed by atoms with E-state index in [9.17, 15) is 4.79 Å². The maximum Gasteiger partial charge on any atom is 0.370 e. The number of carboxylic acid groups (broad SMARTS) is 1. The van der Waals surface area contributed by atoms with E-state index in [-0.39, 0.29) is 0 Å². The van der Waals surface area contributed by atoms with Gasteiger partial charge in [-0.2, -0.15) is 0 Å². The van der Waals surface area contributed by atoms with E-state index < -0.39 is 11.7 Å². The van der Waals surface area contributed by atoms with Crippen LogP contribution in [-0.4, -0.2) is 41.7 Å². The van der Waals surface area contributed by atoms with Gasteiger partial charge in [-0.3, -0.25) is 0 Å². The van der Waals surface area contributed by atoms with Gasteiger partial charge >= 0.3 is 5.97 Å². The summed E-state index contributed by atoms with van der Waals surface area (Å²) in [5, 5.41) is 16.9. The van der Waals surface area contributed by atoms with Gasteiger partial charge in [-0.1, -0.05) is 0 Å². The molecule has 0 spiro atoms. The summed E-state index contributed by atoms with van der Waals surface area (Å²) in [7, 11) is 3.76. The van der Waals surface area contributed by atoms with Gasteiger partial charge in [0.2, 0.25) is 0 Å². The van der Waals surface area contributed by atoms with Gasteiger partial charge in [0, 0.05) is 6.54 Å². The third-order valence-electron chi connectivity index (χ3n) is 1.13. The molecule has 0 fully saturated rings. The molecule has 4 heteroatoms. The van der Waals surface area contributed by atoms with E-state index in [0.717, 1.165) is 6.54 Å². The summed E-state index contributed by atoms with van der Waals surface area (Å²) in [5.41, 5.74) is 0. The van der Waals surface area contributed by atoms with Crippen molar-refractivity contribution >= 4 is 5.97 Å². The molecule has 0 saturated heterocycles. The van der Waals surface area contributed by atoms with Gasteiger partial charge in [0.05, 0.1) is 0 Å². The van der Waals surface area contributed by atoms with Crippen LogP contribution in [-0.2, 0) is 4.79 Å². The first-order valence-corrected chi connectivity index (χ1v) is 3.31. The van der Waals surface area contributed by atoms with Crippen LogP contribution in [0.5, 0.6) is 0 Å². The minimum absolute atomic E-state index is 0.547. The molecule has 0 aliphatic heterocycles. The Morgan fingerprint density at radius 2 is 2.00 bits per heavy atom. The second-order valence-electron chi connectivity index (χ2n) is 2.49. The second-order valence-corrected chi connectivity index (χ2v) is 2.49. The Morgan fingerprint density at radius 3 is 2.36 bits per heavy atom. The Morgan fingerprint density at radius 1 is 1.45 bits per heavy atom. The van der Waals surface area contributed by atoms with Crippen molar-refractivity contribution in [3.05, 3.63) is 11.8 Å². The Labute approximate surface area is 65.7 Å². The second kappa shape index (κ2) is 4.73. The van der Waals surface area contributed by atoms with E-state index in [2.05, 4.69) is 0 Å². The fourth-order valence-corrected chi connectivity index (χ4v) is 0.547. The molecule has 0 aliphatic rings. The predicted octanol–water partition coefficient (Wildman–Crippen LogP) is 0.465.